The standard InChI is InChI=1S/C11H15NO2/c1-8(11(13)14-2)10(12)9-6-4-3-5-7-9/h3-8,10H,12H2,1-2H3/t8-,10-/m0/s1. The summed E-state index contributed by atoms with van der Waals surface area (Å²) < 4.78 is 4.64. The molecule has 0 aliphatic carbocycles. The van der Waals surface area contributed by atoms with E-state index >= 15 is 0 Å². The van der Waals surface area contributed by atoms with E-state index in [-0.39, 0.29) is 17.9 Å². The Bertz CT molecular complexity index is 297. The van der Waals surface area contributed by atoms with Crippen molar-refractivity contribution in [2.45, 2.75) is 13.0 Å². The van der Waals surface area contributed by atoms with Crippen LogP contribution in [-0.2, 0) is 9.53 Å². The summed E-state index contributed by atoms with van der Waals surface area (Å²) in [7, 11) is 1.37. The summed E-state index contributed by atoms with van der Waals surface area (Å²) in [5, 5.41) is 0. The summed E-state index contributed by atoms with van der Waals surface area (Å²) in [4.78, 5) is 11.2. The molecule has 2 N–H and O–H groups in total. The second-order valence-electron chi connectivity index (χ2n) is 3.25. The van der Waals surface area contributed by atoms with Crippen LogP contribution in [-0.4, -0.2) is 13.1 Å². The number of ether oxygens (including phenoxy) is 1. The molecule has 0 unspecified atom stereocenters. The van der Waals surface area contributed by atoms with Gasteiger partial charge in [0.25, 0.3) is 0 Å². The van der Waals surface area contributed by atoms with E-state index in [0.29, 0.717) is 0 Å². The van der Waals surface area contributed by atoms with E-state index < -0.39 is 0 Å². The fourth-order valence-corrected chi connectivity index (χ4v) is 1.30. The predicted molar refractivity (Wildman–Crippen MR) is 54.6 cm³/mol. The molecule has 0 bridgehead atoms. The number of rotatable bonds is 3. The average molecular weight is 193 g/mol. The van der Waals surface area contributed by atoms with E-state index in [1.807, 2.05) is 30.3 Å². The van der Waals surface area contributed by atoms with E-state index in [1.165, 1.54) is 7.11 Å². The lowest BCUT2D eigenvalue weighted by Gasteiger charge is -2.17. The molecule has 0 saturated carbocycles. The Balaban J connectivity index is 2.75. The third-order valence-corrected chi connectivity index (χ3v) is 2.30. The third kappa shape index (κ3) is 2.33. The predicted octanol–water partition coefficient (Wildman–Crippen LogP) is 1.50. The van der Waals surface area contributed by atoms with Crippen LogP contribution in [0.3, 0.4) is 0 Å². The zero-order valence-electron chi connectivity index (χ0n) is 8.44. The molecule has 0 aliphatic heterocycles. The van der Waals surface area contributed by atoms with Crippen LogP contribution >= 0.6 is 0 Å². The molecular weight excluding hydrogens is 178 g/mol. The summed E-state index contributed by atoms with van der Waals surface area (Å²) in [6.45, 7) is 1.77. The summed E-state index contributed by atoms with van der Waals surface area (Å²) >= 11 is 0. The van der Waals surface area contributed by atoms with Gasteiger partial charge in [-0.2, -0.15) is 0 Å². The number of hydrogen-bond acceptors (Lipinski definition) is 3. The van der Waals surface area contributed by atoms with Gasteiger partial charge in [0.1, 0.15) is 0 Å². The molecule has 1 aromatic carbocycles. The van der Waals surface area contributed by atoms with Gasteiger partial charge < -0.3 is 10.5 Å². The molecular formula is C11H15NO2. The van der Waals surface area contributed by atoms with Gasteiger partial charge in [0.2, 0.25) is 0 Å². The van der Waals surface area contributed by atoms with Crippen molar-refractivity contribution in [1.29, 1.82) is 0 Å². The molecule has 1 aromatic rings. The first-order valence-electron chi connectivity index (χ1n) is 4.55. The highest BCUT2D eigenvalue weighted by Crippen LogP contribution is 2.19. The molecule has 0 aliphatic rings. The molecule has 1 rings (SSSR count). The first-order chi connectivity index (χ1) is 6.66. The molecule has 0 radical (unpaired) electrons. The quantitative estimate of drug-likeness (QED) is 0.740. The van der Waals surface area contributed by atoms with Crippen molar-refractivity contribution in [2.24, 2.45) is 11.7 Å². The van der Waals surface area contributed by atoms with Crippen molar-refractivity contribution >= 4 is 5.97 Å². The van der Waals surface area contributed by atoms with E-state index in [2.05, 4.69) is 4.74 Å². The normalized spacial score (nSPS) is 14.5. The monoisotopic (exact) mass is 193 g/mol. The van der Waals surface area contributed by atoms with Crippen LogP contribution < -0.4 is 5.73 Å². The van der Waals surface area contributed by atoms with Crippen molar-refractivity contribution in [3.05, 3.63) is 35.9 Å². The summed E-state index contributed by atoms with van der Waals surface area (Å²) in [5.41, 5.74) is 6.86. The molecule has 2 atom stereocenters. The molecule has 0 spiro atoms. The van der Waals surface area contributed by atoms with Crippen LogP contribution in [0.5, 0.6) is 0 Å². The smallest absolute Gasteiger partial charge is 0.310 e. The maximum atomic E-state index is 11.2. The lowest BCUT2D eigenvalue weighted by Crippen LogP contribution is -2.26. The van der Waals surface area contributed by atoms with Gasteiger partial charge in [0.05, 0.1) is 13.0 Å². The van der Waals surface area contributed by atoms with Gasteiger partial charge in [0, 0.05) is 6.04 Å². The summed E-state index contributed by atoms with van der Waals surface area (Å²) in [6, 6.07) is 9.23. The van der Waals surface area contributed by atoms with Gasteiger partial charge in [-0.3, -0.25) is 4.79 Å². The maximum absolute atomic E-state index is 11.2. The Hall–Kier alpha value is -1.35. The molecule has 0 heterocycles. The fourth-order valence-electron chi connectivity index (χ4n) is 1.30. The van der Waals surface area contributed by atoms with Crippen molar-refractivity contribution in [3.63, 3.8) is 0 Å². The Morgan fingerprint density at radius 2 is 1.93 bits per heavy atom. The Labute approximate surface area is 83.9 Å². The largest absolute Gasteiger partial charge is 0.469 e. The summed E-state index contributed by atoms with van der Waals surface area (Å²) in [6.07, 6.45) is 0. The highest BCUT2D eigenvalue weighted by molar-refractivity contribution is 5.73. The maximum Gasteiger partial charge on any atom is 0.310 e. The van der Waals surface area contributed by atoms with Gasteiger partial charge in [-0.05, 0) is 5.56 Å². The molecule has 0 saturated heterocycles. The fraction of sp³-hybridized carbons (Fsp3) is 0.364. The minimum atomic E-state index is -0.317. The summed E-state index contributed by atoms with van der Waals surface area (Å²) in [5.74, 6) is -0.594. The number of hydrogen-bond donors (Lipinski definition) is 1. The minimum absolute atomic E-state index is 0.277. The lowest BCUT2D eigenvalue weighted by molar-refractivity contribution is -0.145. The van der Waals surface area contributed by atoms with Crippen LogP contribution in [0.2, 0.25) is 0 Å². The highest BCUT2D eigenvalue weighted by Gasteiger charge is 2.22. The van der Waals surface area contributed by atoms with Gasteiger partial charge >= 0.3 is 5.97 Å². The van der Waals surface area contributed by atoms with Crippen molar-refractivity contribution < 1.29 is 9.53 Å². The second-order valence-corrected chi connectivity index (χ2v) is 3.25. The van der Waals surface area contributed by atoms with Crippen LogP contribution in [0.15, 0.2) is 30.3 Å². The van der Waals surface area contributed by atoms with Crippen molar-refractivity contribution in [1.82, 2.24) is 0 Å². The van der Waals surface area contributed by atoms with Crippen molar-refractivity contribution in [3.8, 4) is 0 Å². The average Bonchev–Trinajstić information content (AvgIpc) is 2.27. The number of methoxy groups -OCH3 is 1. The van der Waals surface area contributed by atoms with Crippen LogP contribution in [0.4, 0.5) is 0 Å². The van der Waals surface area contributed by atoms with Crippen LogP contribution in [0.1, 0.15) is 18.5 Å². The number of benzene rings is 1. The molecule has 76 valence electrons. The second kappa shape index (κ2) is 4.77. The van der Waals surface area contributed by atoms with Gasteiger partial charge in [-0.25, -0.2) is 0 Å². The van der Waals surface area contributed by atoms with E-state index in [4.69, 9.17) is 5.73 Å². The first kappa shape index (κ1) is 10.7. The Kier molecular flexibility index (Phi) is 3.65. The van der Waals surface area contributed by atoms with Crippen molar-refractivity contribution in [2.75, 3.05) is 7.11 Å². The highest BCUT2D eigenvalue weighted by atomic mass is 16.5. The molecule has 0 fully saturated rings. The molecule has 3 nitrogen and oxygen atoms in total. The zero-order valence-corrected chi connectivity index (χ0v) is 8.44. The molecule has 0 amide bonds. The van der Waals surface area contributed by atoms with Crippen LogP contribution in [0, 0.1) is 5.92 Å². The Morgan fingerprint density at radius 3 is 2.43 bits per heavy atom. The number of nitrogens with two attached hydrogens (primary N) is 1. The number of carbonyl (C=O) groups is 1. The van der Waals surface area contributed by atoms with Gasteiger partial charge in [0.15, 0.2) is 0 Å². The third-order valence-electron chi connectivity index (χ3n) is 2.30. The number of esters is 1. The van der Waals surface area contributed by atoms with E-state index in [9.17, 15) is 4.79 Å². The minimum Gasteiger partial charge on any atom is -0.469 e. The van der Waals surface area contributed by atoms with E-state index in [0.717, 1.165) is 5.56 Å². The van der Waals surface area contributed by atoms with Gasteiger partial charge in [-0.1, -0.05) is 37.3 Å². The molecule has 0 aromatic heterocycles. The van der Waals surface area contributed by atoms with E-state index in [1.54, 1.807) is 6.92 Å². The zero-order chi connectivity index (χ0) is 10.6. The Morgan fingerprint density at radius 1 is 1.36 bits per heavy atom. The first-order valence-corrected chi connectivity index (χ1v) is 4.55. The van der Waals surface area contributed by atoms with Gasteiger partial charge in [-0.15, -0.1) is 0 Å². The lowest BCUT2D eigenvalue weighted by atomic mass is 9.96. The molecule has 3 heteroatoms. The molecule has 14 heavy (non-hydrogen) atoms. The number of carbonyl (C=O) groups excluding carboxylic acids is 1. The topological polar surface area (TPSA) is 52.3 Å². The van der Waals surface area contributed by atoms with Crippen LogP contribution in [0.25, 0.3) is 0 Å². The SMILES string of the molecule is COC(=O)[C@@H](C)[C@H](N)c1ccccc1.